The van der Waals surface area contributed by atoms with Gasteiger partial charge in [0.1, 0.15) is 0 Å². The third-order valence-corrected chi connectivity index (χ3v) is 5.16. The summed E-state index contributed by atoms with van der Waals surface area (Å²) in [6.07, 6.45) is 0.463. The second kappa shape index (κ2) is 8.82. The van der Waals surface area contributed by atoms with Crippen molar-refractivity contribution in [3.05, 3.63) is 57.8 Å². The molecule has 1 saturated heterocycles. The molecule has 2 heterocycles. The van der Waals surface area contributed by atoms with Gasteiger partial charge in [0.25, 0.3) is 5.91 Å². The van der Waals surface area contributed by atoms with Crippen molar-refractivity contribution in [2.45, 2.75) is 13.0 Å². The molecule has 2 aromatic rings. The van der Waals surface area contributed by atoms with Crippen LogP contribution in [-0.2, 0) is 6.54 Å². The maximum atomic E-state index is 12.6. The van der Waals surface area contributed by atoms with Crippen molar-refractivity contribution >= 4 is 17.2 Å². The van der Waals surface area contributed by atoms with Crippen LogP contribution in [0, 0.1) is 11.8 Å². The summed E-state index contributed by atoms with van der Waals surface area (Å²) in [5, 5.41) is 8.76. The van der Waals surface area contributed by atoms with Crippen LogP contribution in [0.4, 0.5) is 0 Å². The van der Waals surface area contributed by atoms with Crippen LogP contribution >= 0.6 is 11.3 Å². The molecule has 0 radical (unpaired) electrons. The molecule has 1 fully saturated rings. The Labute approximate surface area is 152 Å². The van der Waals surface area contributed by atoms with Gasteiger partial charge in [-0.3, -0.25) is 9.69 Å². The van der Waals surface area contributed by atoms with Gasteiger partial charge in [0.15, 0.2) is 0 Å². The summed E-state index contributed by atoms with van der Waals surface area (Å²) < 4.78 is 0. The van der Waals surface area contributed by atoms with E-state index in [4.69, 9.17) is 5.11 Å². The predicted molar refractivity (Wildman–Crippen MR) is 101 cm³/mol. The SMILES string of the molecule is O=C(c1ccc(C#CCCO)s1)N1CCN(Cc2ccccc2)CC1. The number of carbonyl (C=O) groups excluding carboxylic acids is 1. The van der Waals surface area contributed by atoms with E-state index in [0.29, 0.717) is 6.42 Å². The topological polar surface area (TPSA) is 43.8 Å². The number of nitrogens with zero attached hydrogens (tertiary/aromatic N) is 2. The van der Waals surface area contributed by atoms with Crippen LogP contribution in [0.5, 0.6) is 0 Å². The van der Waals surface area contributed by atoms with Gasteiger partial charge in [-0.2, -0.15) is 0 Å². The highest BCUT2D eigenvalue weighted by atomic mass is 32.1. The monoisotopic (exact) mass is 354 g/mol. The highest BCUT2D eigenvalue weighted by Gasteiger charge is 2.23. The van der Waals surface area contributed by atoms with Crippen LogP contribution in [0.2, 0.25) is 0 Å². The Balaban J connectivity index is 1.52. The molecule has 1 N–H and O–H groups in total. The van der Waals surface area contributed by atoms with E-state index in [9.17, 15) is 4.79 Å². The summed E-state index contributed by atoms with van der Waals surface area (Å²) in [5.74, 6) is 5.98. The average molecular weight is 354 g/mol. The third kappa shape index (κ3) is 4.93. The van der Waals surface area contributed by atoms with Crippen LogP contribution in [0.1, 0.15) is 26.5 Å². The fourth-order valence-electron chi connectivity index (χ4n) is 2.83. The minimum atomic E-state index is 0.0669. The normalized spacial score (nSPS) is 14.8. The van der Waals surface area contributed by atoms with Gasteiger partial charge < -0.3 is 10.0 Å². The smallest absolute Gasteiger partial charge is 0.264 e. The second-order valence-electron chi connectivity index (χ2n) is 5.99. The van der Waals surface area contributed by atoms with Crippen molar-refractivity contribution in [1.82, 2.24) is 9.80 Å². The number of piperazine rings is 1. The summed E-state index contributed by atoms with van der Waals surface area (Å²) in [5.41, 5.74) is 1.31. The van der Waals surface area contributed by atoms with Crippen LogP contribution in [0.25, 0.3) is 0 Å². The van der Waals surface area contributed by atoms with Crippen molar-refractivity contribution < 1.29 is 9.90 Å². The molecule has 0 bridgehead atoms. The Morgan fingerprint density at radius 2 is 1.84 bits per heavy atom. The zero-order valence-electron chi connectivity index (χ0n) is 14.1. The minimum Gasteiger partial charge on any atom is -0.395 e. The first-order valence-corrected chi connectivity index (χ1v) is 9.33. The summed E-state index contributed by atoms with van der Waals surface area (Å²) in [6, 6.07) is 14.2. The maximum Gasteiger partial charge on any atom is 0.264 e. The largest absolute Gasteiger partial charge is 0.395 e. The lowest BCUT2D eigenvalue weighted by Gasteiger charge is -2.34. The lowest BCUT2D eigenvalue weighted by molar-refractivity contribution is 0.0633. The van der Waals surface area contributed by atoms with Crippen molar-refractivity contribution in [3.8, 4) is 11.8 Å². The fraction of sp³-hybridized carbons (Fsp3) is 0.350. The molecule has 3 rings (SSSR count). The van der Waals surface area contributed by atoms with Gasteiger partial charge in [-0.05, 0) is 17.7 Å². The molecule has 130 valence electrons. The molecule has 0 unspecified atom stereocenters. The highest BCUT2D eigenvalue weighted by molar-refractivity contribution is 7.14. The van der Waals surface area contributed by atoms with E-state index in [-0.39, 0.29) is 12.5 Å². The quantitative estimate of drug-likeness (QED) is 0.858. The molecule has 0 aliphatic carbocycles. The maximum absolute atomic E-state index is 12.6. The van der Waals surface area contributed by atoms with Crippen molar-refractivity contribution in [3.63, 3.8) is 0 Å². The van der Waals surface area contributed by atoms with Gasteiger partial charge in [-0.15, -0.1) is 11.3 Å². The van der Waals surface area contributed by atoms with Gasteiger partial charge in [-0.1, -0.05) is 42.2 Å². The van der Waals surface area contributed by atoms with E-state index >= 15 is 0 Å². The van der Waals surface area contributed by atoms with E-state index in [0.717, 1.165) is 42.5 Å². The van der Waals surface area contributed by atoms with Crippen molar-refractivity contribution in [2.75, 3.05) is 32.8 Å². The van der Waals surface area contributed by atoms with Crippen LogP contribution in [0.3, 0.4) is 0 Å². The number of benzene rings is 1. The van der Waals surface area contributed by atoms with Gasteiger partial charge in [-0.25, -0.2) is 0 Å². The zero-order chi connectivity index (χ0) is 17.5. The molecule has 1 aromatic heterocycles. The molecule has 0 spiro atoms. The summed E-state index contributed by atoms with van der Waals surface area (Å²) >= 11 is 1.43. The van der Waals surface area contributed by atoms with Crippen molar-refractivity contribution in [2.24, 2.45) is 0 Å². The Morgan fingerprint density at radius 3 is 2.56 bits per heavy atom. The lowest BCUT2D eigenvalue weighted by Crippen LogP contribution is -2.48. The van der Waals surface area contributed by atoms with Gasteiger partial charge in [0, 0.05) is 39.1 Å². The molecule has 1 aromatic carbocycles. The number of aliphatic hydroxyl groups is 1. The number of hydrogen-bond acceptors (Lipinski definition) is 4. The molecule has 1 amide bonds. The Hall–Kier alpha value is -2.13. The van der Waals surface area contributed by atoms with Gasteiger partial charge >= 0.3 is 0 Å². The van der Waals surface area contributed by atoms with E-state index in [1.165, 1.54) is 16.9 Å². The van der Waals surface area contributed by atoms with Crippen LogP contribution in [0.15, 0.2) is 42.5 Å². The van der Waals surface area contributed by atoms with Gasteiger partial charge in [0.2, 0.25) is 0 Å². The molecule has 0 saturated carbocycles. The minimum absolute atomic E-state index is 0.0669. The fourth-order valence-corrected chi connectivity index (χ4v) is 3.68. The number of carbonyl (C=O) groups is 1. The molecule has 1 aliphatic rings. The predicted octanol–water partition coefficient (Wildman–Crippen LogP) is 2.44. The van der Waals surface area contributed by atoms with Crippen LogP contribution in [-0.4, -0.2) is 53.6 Å². The molecular formula is C20H22N2O2S. The van der Waals surface area contributed by atoms with Gasteiger partial charge in [0.05, 0.1) is 16.4 Å². The standard InChI is InChI=1S/C20H22N2O2S/c23-15-5-4-8-18-9-10-19(25-18)20(24)22-13-11-21(12-14-22)16-17-6-2-1-3-7-17/h1-3,6-7,9-10,23H,5,11-16H2. The first-order valence-electron chi connectivity index (χ1n) is 8.51. The number of rotatable bonds is 4. The Morgan fingerprint density at radius 1 is 1.08 bits per heavy atom. The van der Waals surface area contributed by atoms with Crippen molar-refractivity contribution in [1.29, 1.82) is 0 Å². The number of aliphatic hydroxyl groups excluding tert-OH is 1. The van der Waals surface area contributed by atoms with Crippen LogP contribution < -0.4 is 0 Å². The first-order chi connectivity index (χ1) is 12.3. The van der Waals surface area contributed by atoms with E-state index < -0.39 is 0 Å². The number of hydrogen-bond donors (Lipinski definition) is 1. The molecule has 0 atom stereocenters. The Bertz CT molecular complexity index is 753. The molecule has 1 aliphatic heterocycles. The van der Waals surface area contributed by atoms with E-state index in [2.05, 4.69) is 41.0 Å². The summed E-state index contributed by atoms with van der Waals surface area (Å²) in [6.45, 7) is 4.32. The molecular weight excluding hydrogens is 332 g/mol. The van der Waals surface area contributed by atoms with E-state index in [1.807, 2.05) is 23.1 Å². The second-order valence-corrected chi connectivity index (χ2v) is 7.08. The Kier molecular flexibility index (Phi) is 6.24. The molecule has 4 nitrogen and oxygen atoms in total. The third-order valence-electron chi connectivity index (χ3n) is 4.17. The number of thiophene rings is 1. The summed E-state index contributed by atoms with van der Waals surface area (Å²) in [4.78, 5) is 18.6. The number of amides is 1. The van der Waals surface area contributed by atoms with E-state index in [1.54, 1.807) is 0 Å². The summed E-state index contributed by atoms with van der Waals surface area (Å²) in [7, 11) is 0. The zero-order valence-corrected chi connectivity index (χ0v) is 15.0. The molecule has 25 heavy (non-hydrogen) atoms. The first kappa shape index (κ1) is 17.7. The lowest BCUT2D eigenvalue weighted by atomic mass is 10.2. The average Bonchev–Trinajstić information content (AvgIpc) is 3.12. The highest BCUT2D eigenvalue weighted by Crippen LogP contribution is 2.19. The molecule has 5 heteroatoms.